The fourth-order valence-electron chi connectivity index (χ4n) is 9.66. The summed E-state index contributed by atoms with van der Waals surface area (Å²) in [5.41, 5.74) is 14.0. The van der Waals surface area contributed by atoms with Crippen LogP contribution in [0.4, 0.5) is 11.8 Å². The number of likely N-dealkylation sites (tertiary alicyclic amines) is 1. The van der Waals surface area contributed by atoms with Gasteiger partial charge >= 0.3 is 0 Å². The van der Waals surface area contributed by atoms with Gasteiger partial charge in [-0.3, -0.25) is 4.68 Å². The Bertz CT molecular complexity index is 2510. The Hall–Kier alpha value is -5.66. The maximum absolute atomic E-state index is 10.4. The molecule has 5 aromatic heterocycles. The average Bonchev–Trinajstić information content (AvgIpc) is 3.79. The molecule has 1 atom stereocenters. The molecule has 13 heteroatoms. The second-order valence-corrected chi connectivity index (χ2v) is 16.1. The lowest BCUT2D eigenvalue weighted by molar-refractivity contribution is 0.210. The number of hydrogen-bond donors (Lipinski definition) is 3. The molecule has 3 fully saturated rings. The van der Waals surface area contributed by atoms with Crippen LogP contribution in [0.3, 0.4) is 0 Å². The molecule has 3 aliphatic heterocycles. The van der Waals surface area contributed by atoms with Crippen LogP contribution in [-0.2, 0) is 6.42 Å². The van der Waals surface area contributed by atoms with Crippen LogP contribution in [0.25, 0.3) is 44.2 Å². The van der Waals surface area contributed by atoms with Crippen molar-refractivity contribution in [2.75, 3.05) is 56.4 Å². The van der Waals surface area contributed by atoms with Gasteiger partial charge in [-0.25, -0.2) is 15.0 Å². The number of benzene rings is 2. The number of hydrogen-bond acceptors (Lipinski definition) is 11. The molecule has 0 saturated carbocycles. The van der Waals surface area contributed by atoms with E-state index in [1.54, 1.807) is 12.1 Å². The highest BCUT2D eigenvalue weighted by molar-refractivity contribution is 6.08. The molecule has 0 amide bonds. The summed E-state index contributed by atoms with van der Waals surface area (Å²) in [6, 6.07) is 20.8. The van der Waals surface area contributed by atoms with E-state index in [4.69, 9.17) is 20.7 Å². The van der Waals surface area contributed by atoms with Gasteiger partial charge < -0.3 is 30.5 Å². The molecule has 4 N–H and O–H groups in total. The van der Waals surface area contributed by atoms with Crippen molar-refractivity contribution in [2.24, 2.45) is 0 Å². The molecular formula is C44H50N12O. The van der Waals surface area contributed by atoms with E-state index >= 15 is 0 Å². The van der Waals surface area contributed by atoms with Crippen molar-refractivity contribution < 1.29 is 5.11 Å². The zero-order valence-corrected chi connectivity index (χ0v) is 32.3. The van der Waals surface area contributed by atoms with E-state index in [0.717, 1.165) is 101 Å². The summed E-state index contributed by atoms with van der Waals surface area (Å²) < 4.78 is 4.50. The number of aromatic hydroxyl groups is 1. The maximum Gasteiger partial charge on any atom is 0.225 e. The lowest BCUT2D eigenvalue weighted by Gasteiger charge is -2.33. The van der Waals surface area contributed by atoms with Gasteiger partial charge in [0.2, 0.25) is 5.95 Å². The molecule has 3 saturated heterocycles. The van der Waals surface area contributed by atoms with E-state index in [9.17, 15) is 5.11 Å². The van der Waals surface area contributed by atoms with E-state index in [1.807, 2.05) is 29.1 Å². The number of phenolic OH excluding ortho intramolecular Hbond substituents is 1. The topological polar surface area (TPSA) is 152 Å². The van der Waals surface area contributed by atoms with Crippen LogP contribution < -0.4 is 16.0 Å². The Morgan fingerprint density at radius 1 is 0.825 bits per heavy atom. The summed E-state index contributed by atoms with van der Waals surface area (Å²) in [6.45, 7) is 7.07. The third-order valence-electron chi connectivity index (χ3n) is 12.7. The number of aromatic nitrogens is 8. The van der Waals surface area contributed by atoms with Crippen molar-refractivity contribution in [2.45, 2.75) is 69.4 Å². The van der Waals surface area contributed by atoms with Gasteiger partial charge in [0, 0.05) is 60.6 Å². The molecular weight excluding hydrogens is 713 g/mol. The molecule has 292 valence electrons. The van der Waals surface area contributed by atoms with Crippen molar-refractivity contribution in [3.05, 3.63) is 90.4 Å². The first kappa shape index (κ1) is 35.7. The van der Waals surface area contributed by atoms with Crippen molar-refractivity contribution in [1.29, 1.82) is 0 Å². The van der Waals surface area contributed by atoms with Crippen molar-refractivity contribution in [3.8, 4) is 17.0 Å². The number of anilines is 2. The molecule has 13 nitrogen and oxygen atoms in total. The number of nitrogens with one attached hydrogen (secondary N) is 1. The van der Waals surface area contributed by atoms with Crippen LogP contribution in [-0.4, -0.2) is 95.3 Å². The number of piperidine rings is 3. The van der Waals surface area contributed by atoms with Crippen LogP contribution in [0.1, 0.15) is 74.1 Å². The number of nitrogens with zero attached hydrogens (tertiary/aromatic N) is 10. The minimum atomic E-state index is 0.156. The Kier molecular flexibility index (Phi) is 9.63. The molecule has 7 aromatic rings. The lowest BCUT2D eigenvalue weighted by Crippen LogP contribution is -2.36. The minimum Gasteiger partial charge on any atom is -0.507 e. The summed E-state index contributed by atoms with van der Waals surface area (Å²) >= 11 is 0. The number of aryl methyl sites for hydroxylation is 1. The fraction of sp³-hybridized carbons (Fsp3) is 0.409. The number of phenols is 1. The van der Waals surface area contributed by atoms with Crippen molar-refractivity contribution in [1.82, 2.24) is 49.7 Å². The fourth-order valence-corrected chi connectivity index (χ4v) is 9.66. The zero-order valence-electron chi connectivity index (χ0n) is 32.3. The third kappa shape index (κ3) is 6.82. The first-order chi connectivity index (χ1) is 28.1. The number of nitrogens with two attached hydrogens (primary N) is 1. The van der Waals surface area contributed by atoms with Gasteiger partial charge in [0.15, 0.2) is 11.3 Å². The standard InChI is InChI=1S/C44H50N12O/c45-42-41-38(25-36(50-51-41)34-9-2-4-12-39(34)57)56(52-42)32-16-23-54(24-17-32)44-48-26-31(27-49-44)29-14-21-53(22-15-29)20-6-7-30-13-19-47-43-40(30)35-10-1-3-11-37(35)55(43)33-8-5-18-46-28-33/h1-4,9-13,19,25-27,29,32-33,46,57H,5-8,14-18,20-24,28H2,(H2,45,52). The molecule has 3 aliphatic rings. The molecule has 2 aromatic carbocycles. The Morgan fingerprint density at radius 3 is 2.44 bits per heavy atom. The molecule has 0 spiro atoms. The van der Waals surface area contributed by atoms with Gasteiger partial charge in [0.1, 0.15) is 11.4 Å². The highest BCUT2D eigenvalue weighted by atomic mass is 16.3. The van der Waals surface area contributed by atoms with E-state index < -0.39 is 0 Å². The van der Waals surface area contributed by atoms with Crippen molar-refractivity contribution in [3.63, 3.8) is 0 Å². The quantitative estimate of drug-likeness (QED) is 0.145. The summed E-state index contributed by atoms with van der Waals surface area (Å²) in [5, 5.41) is 30.1. The molecule has 8 heterocycles. The van der Waals surface area contributed by atoms with Gasteiger partial charge in [-0.1, -0.05) is 30.3 Å². The predicted molar refractivity (Wildman–Crippen MR) is 224 cm³/mol. The van der Waals surface area contributed by atoms with E-state index in [2.05, 4.69) is 77.7 Å². The number of para-hydroxylation sites is 2. The number of nitrogen functional groups attached to an aromatic ring is 1. The van der Waals surface area contributed by atoms with E-state index in [1.165, 1.54) is 40.3 Å². The smallest absolute Gasteiger partial charge is 0.225 e. The van der Waals surface area contributed by atoms with E-state index in [0.29, 0.717) is 34.6 Å². The first-order valence-electron chi connectivity index (χ1n) is 20.8. The second-order valence-electron chi connectivity index (χ2n) is 16.1. The average molecular weight is 763 g/mol. The van der Waals surface area contributed by atoms with Gasteiger partial charge in [-0.15, -0.1) is 10.2 Å². The maximum atomic E-state index is 10.4. The number of rotatable bonds is 9. The highest BCUT2D eigenvalue weighted by Gasteiger charge is 2.28. The van der Waals surface area contributed by atoms with Crippen LogP contribution in [0.5, 0.6) is 5.75 Å². The summed E-state index contributed by atoms with van der Waals surface area (Å²) in [7, 11) is 0. The molecule has 10 rings (SSSR count). The molecule has 0 bridgehead atoms. The summed E-state index contributed by atoms with van der Waals surface area (Å²) in [5.74, 6) is 1.81. The first-order valence-corrected chi connectivity index (χ1v) is 20.8. The van der Waals surface area contributed by atoms with Gasteiger partial charge in [-0.05, 0) is 125 Å². The van der Waals surface area contributed by atoms with Crippen LogP contribution in [0.2, 0.25) is 0 Å². The normalized spacial score (nSPS) is 18.9. The van der Waals surface area contributed by atoms with Gasteiger partial charge in [0.25, 0.3) is 0 Å². The SMILES string of the molecule is Nc1nn(C2CCN(c3ncc(C4CCN(CCCc5ccnc6c5c5ccccc5n6C5CCCNC5)CC4)cn3)CC2)c2cc(-c3ccccc3O)nnc12. The molecule has 57 heavy (non-hydrogen) atoms. The van der Waals surface area contributed by atoms with Crippen LogP contribution in [0.15, 0.2) is 79.3 Å². The minimum absolute atomic E-state index is 0.156. The second kappa shape index (κ2) is 15.4. The molecule has 0 aliphatic carbocycles. The zero-order chi connectivity index (χ0) is 38.3. The van der Waals surface area contributed by atoms with Crippen LogP contribution >= 0.6 is 0 Å². The van der Waals surface area contributed by atoms with Crippen LogP contribution in [0, 0.1) is 0 Å². The highest BCUT2D eigenvalue weighted by Crippen LogP contribution is 2.36. The third-order valence-corrected chi connectivity index (χ3v) is 12.7. The number of pyridine rings is 1. The lowest BCUT2D eigenvalue weighted by atomic mass is 9.91. The molecule has 0 radical (unpaired) electrons. The van der Waals surface area contributed by atoms with Gasteiger partial charge in [-0.2, -0.15) is 5.10 Å². The summed E-state index contributed by atoms with van der Waals surface area (Å²) in [6.07, 6.45) is 14.8. The summed E-state index contributed by atoms with van der Waals surface area (Å²) in [4.78, 5) is 19.6. The van der Waals surface area contributed by atoms with Gasteiger partial charge in [0.05, 0.1) is 22.8 Å². The van der Waals surface area contributed by atoms with Crippen molar-refractivity contribution >= 4 is 44.7 Å². The largest absolute Gasteiger partial charge is 0.507 e. The van der Waals surface area contributed by atoms with E-state index in [-0.39, 0.29) is 11.8 Å². The Balaban J connectivity index is 0.735. The Labute approximate surface area is 331 Å². The predicted octanol–water partition coefficient (Wildman–Crippen LogP) is 6.65. The number of fused-ring (bicyclic) bond motifs is 4. The Morgan fingerprint density at radius 2 is 1.63 bits per heavy atom. The monoisotopic (exact) mass is 762 g/mol. The molecule has 1 unspecified atom stereocenters.